The van der Waals surface area contributed by atoms with Crippen LogP contribution in [0.1, 0.15) is 50.9 Å². The van der Waals surface area contributed by atoms with Gasteiger partial charge < -0.3 is 14.2 Å². The number of hydrazone groups is 1. The molecule has 7 nitrogen and oxygen atoms in total. The molecule has 0 spiro atoms. The average molecular weight is 457 g/mol. The minimum Gasteiger partial charge on any atom is -0.383 e. The van der Waals surface area contributed by atoms with Crippen LogP contribution in [0.15, 0.2) is 47.7 Å². The third-order valence-electron chi connectivity index (χ3n) is 5.59. The molecule has 178 valence electrons. The molecule has 0 radical (unpaired) electrons. The zero-order valence-corrected chi connectivity index (χ0v) is 20.0. The third kappa shape index (κ3) is 6.28. The Morgan fingerprint density at radius 3 is 2.48 bits per heavy atom. The van der Waals surface area contributed by atoms with Gasteiger partial charge >= 0.3 is 0 Å². The summed E-state index contributed by atoms with van der Waals surface area (Å²) in [6.45, 7) is 6.52. The van der Waals surface area contributed by atoms with Gasteiger partial charge in [0, 0.05) is 39.7 Å². The number of amides is 2. The second-order valence-corrected chi connectivity index (χ2v) is 9.61. The number of halogens is 1. The predicted octanol–water partition coefficient (Wildman–Crippen LogP) is 3.75. The van der Waals surface area contributed by atoms with Crippen LogP contribution in [-0.2, 0) is 21.4 Å². The highest BCUT2D eigenvalue weighted by molar-refractivity contribution is 6.02. The van der Waals surface area contributed by atoms with E-state index < -0.39 is 0 Å². The highest BCUT2D eigenvalue weighted by Gasteiger charge is 2.35. The van der Waals surface area contributed by atoms with E-state index in [9.17, 15) is 14.0 Å². The van der Waals surface area contributed by atoms with Crippen LogP contribution in [0.5, 0.6) is 0 Å². The maximum atomic E-state index is 13.5. The molecule has 2 aromatic rings. The molecule has 0 fully saturated rings. The Balaban J connectivity index is 1.87. The monoisotopic (exact) mass is 456 g/mol. The average Bonchev–Trinajstić information content (AvgIpc) is 3.36. The highest BCUT2D eigenvalue weighted by Crippen LogP contribution is 2.33. The Hall–Kier alpha value is -3.00. The molecule has 33 heavy (non-hydrogen) atoms. The molecule has 2 amide bonds. The third-order valence-corrected chi connectivity index (χ3v) is 5.59. The van der Waals surface area contributed by atoms with Gasteiger partial charge in [-0.1, -0.05) is 32.9 Å². The maximum absolute atomic E-state index is 13.5. The van der Waals surface area contributed by atoms with Crippen LogP contribution >= 0.6 is 0 Å². The Kier molecular flexibility index (Phi) is 7.68. The molecular formula is C25H33FN4O3. The molecule has 0 aliphatic carbocycles. The molecule has 2 heterocycles. The lowest BCUT2D eigenvalue weighted by Crippen LogP contribution is -2.43. The van der Waals surface area contributed by atoms with Crippen molar-refractivity contribution in [1.29, 1.82) is 0 Å². The van der Waals surface area contributed by atoms with Crippen molar-refractivity contribution < 1.29 is 18.7 Å². The van der Waals surface area contributed by atoms with E-state index in [0.29, 0.717) is 26.0 Å². The first-order valence-corrected chi connectivity index (χ1v) is 11.1. The first kappa shape index (κ1) is 24.6. The van der Waals surface area contributed by atoms with E-state index in [4.69, 9.17) is 4.74 Å². The zero-order valence-electron chi connectivity index (χ0n) is 20.0. The standard InChI is InChI=1S/C25H33FN4O3/c1-25(2,3)16-23(31)29(13-14-33-5)17-24(32)30-22(18-8-10-19(26)11-9-18)15-20(27-30)21-7-6-12-28(21)4/h6-12,22H,13-17H2,1-5H3. The minimum absolute atomic E-state index is 0.0973. The quantitative estimate of drug-likeness (QED) is 0.608. The topological polar surface area (TPSA) is 67.1 Å². The Labute approximate surface area is 194 Å². The predicted molar refractivity (Wildman–Crippen MR) is 125 cm³/mol. The number of carbonyl (C=O) groups is 2. The van der Waals surface area contributed by atoms with Crippen molar-refractivity contribution in [3.8, 4) is 0 Å². The molecular weight excluding hydrogens is 423 g/mol. The number of rotatable bonds is 8. The van der Waals surface area contributed by atoms with E-state index in [1.807, 2.05) is 50.7 Å². The van der Waals surface area contributed by atoms with Crippen molar-refractivity contribution >= 4 is 17.5 Å². The molecule has 3 rings (SSSR count). The number of hydrogen-bond acceptors (Lipinski definition) is 4. The number of ether oxygens (including phenoxy) is 1. The fourth-order valence-corrected chi connectivity index (χ4v) is 3.90. The fourth-order valence-electron chi connectivity index (χ4n) is 3.90. The first-order valence-electron chi connectivity index (χ1n) is 11.1. The Bertz CT molecular complexity index is 1010. The second kappa shape index (κ2) is 10.3. The summed E-state index contributed by atoms with van der Waals surface area (Å²) in [4.78, 5) is 27.9. The highest BCUT2D eigenvalue weighted by atomic mass is 19.1. The fraction of sp³-hybridized carbons (Fsp3) is 0.480. The van der Waals surface area contributed by atoms with E-state index >= 15 is 0 Å². The van der Waals surface area contributed by atoms with Gasteiger partial charge in [-0.3, -0.25) is 9.59 Å². The van der Waals surface area contributed by atoms with Gasteiger partial charge in [0.15, 0.2) is 0 Å². The van der Waals surface area contributed by atoms with Crippen LogP contribution < -0.4 is 0 Å². The van der Waals surface area contributed by atoms with E-state index in [1.165, 1.54) is 22.0 Å². The summed E-state index contributed by atoms with van der Waals surface area (Å²) < 4.78 is 20.6. The van der Waals surface area contributed by atoms with Crippen molar-refractivity contribution in [2.75, 3.05) is 26.8 Å². The number of benzene rings is 1. The van der Waals surface area contributed by atoms with Gasteiger partial charge in [0.2, 0.25) is 5.91 Å². The summed E-state index contributed by atoms with van der Waals surface area (Å²) in [5, 5.41) is 6.10. The van der Waals surface area contributed by atoms with E-state index in [-0.39, 0.29) is 35.6 Å². The number of aryl methyl sites for hydroxylation is 1. The van der Waals surface area contributed by atoms with E-state index in [0.717, 1.165) is 17.0 Å². The zero-order chi connectivity index (χ0) is 24.2. The van der Waals surface area contributed by atoms with Gasteiger partial charge in [0.25, 0.3) is 5.91 Å². The number of hydrogen-bond donors (Lipinski definition) is 0. The molecule has 8 heteroatoms. The molecule has 1 aromatic heterocycles. The number of methoxy groups -OCH3 is 1. The lowest BCUT2D eigenvalue weighted by molar-refractivity contribution is -0.143. The van der Waals surface area contributed by atoms with Crippen molar-refractivity contribution in [2.24, 2.45) is 17.6 Å². The molecule has 1 unspecified atom stereocenters. The molecule has 0 saturated carbocycles. The van der Waals surface area contributed by atoms with Gasteiger partial charge in [0.1, 0.15) is 12.4 Å². The van der Waals surface area contributed by atoms with E-state index in [1.54, 1.807) is 19.2 Å². The van der Waals surface area contributed by atoms with Crippen LogP contribution in [0.3, 0.4) is 0 Å². The van der Waals surface area contributed by atoms with Crippen molar-refractivity contribution in [2.45, 2.75) is 39.7 Å². The number of nitrogens with zero attached hydrogens (tertiary/aromatic N) is 4. The SMILES string of the molecule is COCCN(CC(=O)N1N=C(c2cccn2C)CC1c1ccc(F)cc1)C(=O)CC(C)(C)C. The summed E-state index contributed by atoms with van der Waals surface area (Å²) in [7, 11) is 3.49. The van der Waals surface area contributed by atoms with Crippen LogP contribution in [0.2, 0.25) is 0 Å². The second-order valence-electron chi connectivity index (χ2n) is 9.61. The number of carbonyl (C=O) groups excluding carboxylic acids is 2. The van der Waals surface area contributed by atoms with Gasteiger partial charge in [-0.2, -0.15) is 5.10 Å². The van der Waals surface area contributed by atoms with E-state index in [2.05, 4.69) is 5.10 Å². The van der Waals surface area contributed by atoms with Gasteiger partial charge in [-0.25, -0.2) is 9.40 Å². The summed E-state index contributed by atoms with van der Waals surface area (Å²) in [6.07, 6.45) is 2.75. The summed E-state index contributed by atoms with van der Waals surface area (Å²) in [5.41, 5.74) is 2.28. The summed E-state index contributed by atoms with van der Waals surface area (Å²) in [5.74, 6) is -0.722. The Morgan fingerprint density at radius 1 is 1.21 bits per heavy atom. The molecule has 0 N–H and O–H groups in total. The molecule has 1 atom stereocenters. The summed E-state index contributed by atoms with van der Waals surface area (Å²) in [6, 6.07) is 9.63. The lowest BCUT2D eigenvalue weighted by Gasteiger charge is -2.29. The van der Waals surface area contributed by atoms with Crippen LogP contribution in [-0.4, -0.2) is 58.8 Å². The van der Waals surface area contributed by atoms with Crippen LogP contribution in [0.25, 0.3) is 0 Å². The van der Waals surface area contributed by atoms with Crippen molar-refractivity contribution in [3.05, 3.63) is 59.7 Å². The smallest absolute Gasteiger partial charge is 0.262 e. The van der Waals surface area contributed by atoms with Crippen molar-refractivity contribution in [3.63, 3.8) is 0 Å². The normalized spacial score (nSPS) is 16.1. The minimum atomic E-state index is -0.370. The largest absolute Gasteiger partial charge is 0.383 e. The van der Waals surface area contributed by atoms with Crippen molar-refractivity contribution in [1.82, 2.24) is 14.5 Å². The molecule has 1 aromatic carbocycles. The first-order chi connectivity index (χ1) is 15.6. The molecule has 0 bridgehead atoms. The van der Waals surface area contributed by atoms with Gasteiger partial charge in [-0.15, -0.1) is 0 Å². The Morgan fingerprint density at radius 2 is 1.91 bits per heavy atom. The molecule has 0 saturated heterocycles. The lowest BCUT2D eigenvalue weighted by atomic mass is 9.91. The molecule has 1 aliphatic rings. The van der Waals surface area contributed by atoms with Gasteiger partial charge in [0.05, 0.1) is 24.1 Å². The maximum Gasteiger partial charge on any atom is 0.262 e. The summed E-state index contributed by atoms with van der Waals surface area (Å²) >= 11 is 0. The van der Waals surface area contributed by atoms with Gasteiger partial charge in [-0.05, 0) is 35.2 Å². The van der Waals surface area contributed by atoms with Crippen LogP contribution in [0.4, 0.5) is 4.39 Å². The number of aromatic nitrogens is 1. The van der Waals surface area contributed by atoms with Crippen LogP contribution in [0, 0.1) is 11.2 Å². The molecule has 1 aliphatic heterocycles.